The lowest BCUT2D eigenvalue weighted by Crippen LogP contribution is -2.50. The third kappa shape index (κ3) is 4.90. The summed E-state index contributed by atoms with van der Waals surface area (Å²) in [4.78, 5) is 39.9. The number of urea groups is 1. The second kappa shape index (κ2) is 9.54. The van der Waals surface area contributed by atoms with Gasteiger partial charge in [0.25, 0.3) is 11.8 Å². The third-order valence-electron chi connectivity index (χ3n) is 5.30. The summed E-state index contributed by atoms with van der Waals surface area (Å²) >= 11 is 0. The van der Waals surface area contributed by atoms with Crippen LogP contribution in [0.25, 0.3) is 0 Å². The van der Waals surface area contributed by atoms with E-state index in [1.165, 1.54) is 0 Å². The molecule has 0 saturated carbocycles. The normalized spacial score (nSPS) is 17.8. The Morgan fingerprint density at radius 3 is 2.44 bits per heavy atom. The number of imide groups is 1. The van der Waals surface area contributed by atoms with Gasteiger partial charge in [0.1, 0.15) is 11.3 Å². The van der Waals surface area contributed by atoms with Gasteiger partial charge in [-0.1, -0.05) is 47.9 Å². The number of aryl methyl sites for hydroxylation is 1. The summed E-state index contributed by atoms with van der Waals surface area (Å²) in [6.07, 6.45) is 5.45. The Labute approximate surface area is 187 Å². The smallest absolute Gasteiger partial charge is 0.344 e. The van der Waals surface area contributed by atoms with Gasteiger partial charge in [-0.05, 0) is 37.1 Å². The van der Waals surface area contributed by atoms with Crippen LogP contribution in [0.5, 0.6) is 5.75 Å². The van der Waals surface area contributed by atoms with Crippen LogP contribution >= 0.6 is 0 Å². The van der Waals surface area contributed by atoms with Gasteiger partial charge in [0.2, 0.25) is 0 Å². The Morgan fingerprint density at radius 2 is 1.84 bits per heavy atom. The van der Waals surface area contributed by atoms with E-state index in [-0.39, 0.29) is 13.1 Å². The highest BCUT2D eigenvalue weighted by molar-refractivity contribution is 6.08. The molecule has 2 N–H and O–H groups in total. The number of rotatable bonds is 8. The van der Waals surface area contributed by atoms with Crippen molar-refractivity contribution < 1.29 is 19.1 Å². The summed E-state index contributed by atoms with van der Waals surface area (Å²) in [5.41, 5.74) is 3.80. The minimum absolute atomic E-state index is 0.0750. The van der Waals surface area contributed by atoms with Crippen LogP contribution < -0.4 is 15.5 Å². The van der Waals surface area contributed by atoms with Crippen molar-refractivity contribution in [3.05, 3.63) is 65.2 Å². The van der Waals surface area contributed by atoms with Gasteiger partial charge in [-0.15, -0.1) is 6.42 Å². The Bertz CT molecular complexity index is 1040. The first kappa shape index (κ1) is 22.8. The predicted molar refractivity (Wildman–Crippen MR) is 119 cm³/mol. The van der Waals surface area contributed by atoms with E-state index < -0.39 is 23.4 Å². The van der Waals surface area contributed by atoms with Crippen molar-refractivity contribution in [2.24, 2.45) is 0 Å². The number of nitrogens with zero attached hydrogens (tertiary/aromatic N) is 2. The van der Waals surface area contributed by atoms with Crippen molar-refractivity contribution >= 4 is 17.8 Å². The number of ether oxygens (including phenoxy) is 1. The highest BCUT2D eigenvalue weighted by Crippen LogP contribution is 2.29. The van der Waals surface area contributed by atoms with Crippen molar-refractivity contribution in [3.63, 3.8) is 0 Å². The number of terminal acetylenes is 1. The number of amides is 4. The van der Waals surface area contributed by atoms with Crippen LogP contribution in [0, 0.1) is 19.3 Å². The quantitative estimate of drug-likeness (QED) is 0.490. The van der Waals surface area contributed by atoms with Gasteiger partial charge in [0, 0.05) is 6.54 Å². The number of methoxy groups -OCH3 is 1. The van der Waals surface area contributed by atoms with Crippen LogP contribution in [-0.4, -0.2) is 48.0 Å². The molecule has 0 radical (unpaired) electrons. The van der Waals surface area contributed by atoms with Crippen molar-refractivity contribution in [3.8, 4) is 18.1 Å². The molecule has 1 unspecified atom stereocenters. The van der Waals surface area contributed by atoms with Crippen molar-refractivity contribution in [2.45, 2.75) is 25.9 Å². The molecule has 1 heterocycles. The Hall–Kier alpha value is -3.83. The average Bonchev–Trinajstić information content (AvgIpc) is 2.99. The number of hydrazine groups is 1. The molecule has 0 bridgehead atoms. The predicted octanol–water partition coefficient (Wildman–Crippen LogP) is 1.94. The van der Waals surface area contributed by atoms with Gasteiger partial charge in [0.15, 0.2) is 0 Å². The van der Waals surface area contributed by atoms with Crippen LogP contribution in [-0.2, 0) is 21.7 Å². The van der Waals surface area contributed by atoms with E-state index in [0.717, 1.165) is 11.1 Å². The average molecular weight is 434 g/mol. The van der Waals surface area contributed by atoms with Gasteiger partial charge in [-0.3, -0.25) is 19.9 Å². The van der Waals surface area contributed by atoms with E-state index in [1.807, 2.05) is 31.2 Å². The van der Waals surface area contributed by atoms with Crippen LogP contribution in [0.1, 0.15) is 23.6 Å². The van der Waals surface area contributed by atoms with Gasteiger partial charge in [-0.25, -0.2) is 4.79 Å². The first-order chi connectivity index (χ1) is 15.3. The standard InChI is InChI=1S/C24H26N4O4/c1-5-14-27(15-18-8-6-17(2)7-9-18)16-21(29)26-28-22(30)24(3,25-23(28)31)19-10-12-20(32-4)13-11-19/h1,6-13H,14-16H2,2-4H3,(H,25,31)(H,26,29). The molecule has 1 saturated heterocycles. The van der Waals surface area contributed by atoms with E-state index in [9.17, 15) is 14.4 Å². The number of hydrogen-bond acceptors (Lipinski definition) is 5. The van der Waals surface area contributed by atoms with Gasteiger partial charge in [0.05, 0.1) is 20.2 Å². The van der Waals surface area contributed by atoms with Crippen LogP contribution in [0.15, 0.2) is 48.5 Å². The molecular weight excluding hydrogens is 408 g/mol. The summed E-state index contributed by atoms with van der Waals surface area (Å²) in [6.45, 7) is 4.21. The second-order valence-corrected chi connectivity index (χ2v) is 7.79. The molecule has 8 nitrogen and oxygen atoms in total. The number of hydrogen-bond donors (Lipinski definition) is 2. The zero-order valence-electron chi connectivity index (χ0n) is 18.3. The van der Waals surface area contributed by atoms with Gasteiger partial charge < -0.3 is 10.1 Å². The molecule has 0 aromatic heterocycles. The number of nitrogens with one attached hydrogen (secondary N) is 2. The fourth-order valence-electron chi connectivity index (χ4n) is 3.47. The molecule has 1 atom stereocenters. The van der Waals surface area contributed by atoms with Crippen molar-refractivity contribution in [1.29, 1.82) is 0 Å². The molecule has 1 fully saturated rings. The maximum absolute atomic E-state index is 13.0. The molecular formula is C24H26N4O4. The van der Waals surface area contributed by atoms with E-state index >= 15 is 0 Å². The van der Waals surface area contributed by atoms with Crippen LogP contribution in [0.4, 0.5) is 4.79 Å². The summed E-state index contributed by atoms with van der Waals surface area (Å²) in [6, 6.07) is 14.0. The first-order valence-electron chi connectivity index (χ1n) is 10.1. The van der Waals surface area contributed by atoms with Crippen LogP contribution in [0.3, 0.4) is 0 Å². The van der Waals surface area contributed by atoms with E-state index in [0.29, 0.717) is 22.9 Å². The third-order valence-corrected chi connectivity index (χ3v) is 5.30. The summed E-state index contributed by atoms with van der Waals surface area (Å²) in [7, 11) is 1.54. The first-order valence-corrected chi connectivity index (χ1v) is 10.1. The number of carbonyl (C=O) groups excluding carboxylic acids is 3. The van der Waals surface area contributed by atoms with Crippen molar-refractivity contribution in [2.75, 3.05) is 20.2 Å². The summed E-state index contributed by atoms with van der Waals surface area (Å²) < 4.78 is 5.13. The molecule has 166 valence electrons. The monoisotopic (exact) mass is 434 g/mol. The fourth-order valence-corrected chi connectivity index (χ4v) is 3.47. The summed E-state index contributed by atoms with van der Waals surface area (Å²) in [5, 5.41) is 3.36. The van der Waals surface area contributed by atoms with Gasteiger partial charge in [-0.2, -0.15) is 5.01 Å². The molecule has 3 rings (SSSR count). The molecule has 2 aromatic rings. The SMILES string of the molecule is C#CCN(CC(=O)NN1C(=O)NC(C)(c2ccc(OC)cc2)C1=O)Cc1ccc(C)cc1. The van der Waals surface area contributed by atoms with Crippen LogP contribution in [0.2, 0.25) is 0 Å². The maximum atomic E-state index is 13.0. The molecule has 32 heavy (non-hydrogen) atoms. The highest BCUT2D eigenvalue weighted by atomic mass is 16.5. The molecule has 8 heteroatoms. The number of benzene rings is 2. The lowest BCUT2D eigenvalue weighted by atomic mass is 9.92. The van der Waals surface area contributed by atoms with Crippen molar-refractivity contribution in [1.82, 2.24) is 20.7 Å². The van der Waals surface area contributed by atoms with E-state index in [2.05, 4.69) is 16.7 Å². The fraction of sp³-hybridized carbons (Fsp3) is 0.292. The largest absolute Gasteiger partial charge is 0.497 e. The maximum Gasteiger partial charge on any atom is 0.344 e. The second-order valence-electron chi connectivity index (χ2n) is 7.79. The summed E-state index contributed by atoms with van der Waals surface area (Å²) in [5.74, 6) is 2.06. The highest BCUT2D eigenvalue weighted by Gasteiger charge is 2.50. The molecule has 1 aliphatic heterocycles. The Kier molecular flexibility index (Phi) is 6.81. The molecule has 4 amide bonds. The molecule has 1 aliphatic rings. The number of carbonyl (C=O) groups is 3. The zero-order valence-corrected chi connectivity index (χ0v) is 18.3. The molecule has 0 aliphatic carbocycles. The Morgan fingerprint density at radius 1 is 1.19 bits per heavy atom. The lowest BCUT2D eigenvalue weighted by molar-refractivity contribution is -0.139. The minimum atomic E-state index is -1.31. The zero-order chi connectivity index (χ0) is 23.3. The molecule has 2 aromatic carbocycles. The lowest BCUT2D eigenvalue weighted by Gasteiger charge is -2.23. The van der Waals surface area contributed by atoms with E-state index in [4.69, 9.17) is 11.2 Å². The Balaban J connectivity index is 1.67. The molecule has 0 spiro atoms. The van der Waals surface area contributed by atoms with E-state index in [1.54, 1.807) is 43.2 Å². The topological polar surface area (TPSA) is 91.0 Å². The minimum Gasteiger partial charge on any atom is -0.497 e. The van der Waals surface area contributed by atoms with Gasteiger partial charge >= 0.3 is 6.03 Å².